The summed E-state index contributed by atoms with van der Waals surface area (Å²) >= 11 is 0. The Kier molecular flexibility index (Phi) is 6.55. The van der Waals surface area contributed by atoms with E-state index < -0.39 is 0 Å². The number of hydrogen-bond donors (Lipinski definition) is 1. The van der Waals surface area contributed by atoms with E-state index in [1.54, 1.807) is 18.9 Å². The van der Waals surface area contributed by atoms with Crippen LogP contribution < -0.4 is 4.74 Å². The maximum absolute atomic E-state index is 12.7. The molecule has 2 heterocycles. The smallest absolute Gasteiger partial charge is 0.223 e. The van der Waals surface area contributed by atoms with Gasteiger partial charge in [-0.15, -0.1) is 0 Å². The third-order valence-electron chi connectivity index (χ3n) is 7.30. The van der Waals surface area contributed by atoms with Gasteiger partial charge in [-0.2, -0.15) is 0 Å². The topological polar surface area (TPSA) is 57.7 Å². The SMILES string of the molecule is COc1ccccc1C1CC(c2ccccc2N=Cc2c(-c3ccccc3)[nH]c3ccccc23)=CN1C(C)=O. The molecule has 0 fully saturated rings. The number of carbonyl (C=O) groups is 1. The van der Waals surface area contributed by atoms with E-state index in [0.29, 0.717) is 6.42 Å². The molecule has 0 spiro atoms. The van der Waals surface area contributed by atoms with Gasteiger partial charge in [-0.3, -0.25) is 9.79 Å². The Hall–Kier alpha value is -4.90. The monoisotopic (exact) mass is 511 g/mol. The van der Waals surface area contributed by atoms with Gasteiger partial charge in [0.25, 0.3) is 0 Å². The molecule has 1 atom stereocenters. The van der Waals surface area contributed by atoms with Crippen LogP contribution in [-0.4, -0.2) is 29.1 Å². The largest absolute Gasteiger partial charge is 0.496 e. The molecule has 1 N–H and O–H groups in total. The molecule has 0 saturated heterocycles. The number of carbonyl (C=O) groups excluding carboxylic acids is 1. The van der Waals surface area contributed by atoms with Crippen LogP contribution >= 0.6 is 0 Å². The van der Waals surface area contributed by atoms with Crippen LogP contribution in [0.25, 0.3) is 27.7 Å². The number of rotatable bonds is 6. The molecule has 1 aliphatic rings. The quantitative estimate of drug-likeness (QED) is 0.235. The first-order valence-corrected chi connectivity index (χ1v) is 13.1. The molecule has 192 valence electrons. The lowest BCUT2D eigenvalue weighted by Gasteiger charge is -2.24. The molecular formula is C34H29N3O2. The molecule has 1 aromatic heterocycles. The summed E-state index contributed by atoms with van der Waals surface area (Å²) in [6.07, 6.45) is 4.60. The summed E-state index contributed by atoms with van der Waals surface area (Å²) in [7, 11) is 1.67. The molecule has 4 aromatic carbocycles. The number of H-pyrrole nitrogens is 1. The van der Waals surface area contributed by atoms with Crippen LogP contribution in [0, 0.1) is 0 Å². The van der Waals surface area contributed by atoms with Crippen molar-refractivity contribution in [1.29, 1.82) is 0 Å². The zero-order chi connectivity index (χ0) is 26.8. The Morgan fingerprint density at radius 2 is 1.64 bits per heavy atom. The molecule has 39 heavy (non-hydrogen) atoms. The Morgan fingerprint density at radius 3 is 2.46 bits per heavy atom. The van der Waals surface area contributed by atoms with Crippen LogP contribution in [0.15, 0.2) is 114 Å². The highest BCUT2D eigenvalue weighted by Gasteiger charge is 2.31. The Balaban J connectivity index is 1.40. The first kappa shape index (κ1) is 24.4. The highest BCUT2D eigenvalue weighted by Crippen LogP contribution is 2.44. The minimum atomic E-state index is -0.135. The molecule has 1 aliphatic heterocycles. The zero-order valence-corrected chi connectivity index (χ0v) is 22.0. The van der Waals surface area contributed by atoms with Crippen LogP contribution in [-0.2, 0) is 4.79 Å². The van der Waals surface area contributed by atoms with Gasteiger partial charge in [0.05, 0.1) is 24.5 Å². The fourth-order valence-corrected chi connectivity index (χ4v) is 5.43. The lowest BCUT2D eigenvalue weighted by molar-refractivity contribution is -0.127. The van der Waals surface area contributed by atoms with Gasteiger partial charge in [0, 0.05) is 46.9 Å². The van der Waals surface area contributed by atoms with Gasteiger partial charge in [0.1, 0.15) is 5.75 Å². The molecule has 0 bridgehead atoms. The van der Waals surface area contributed by atoms with E-state index in [2.05, 4.69) is 35.3 Å². The summed E-state index contributed by atoms with van der Waals surface area (Å²) < 4.78 is 5.63. The molecule has 0 saturated carbocycles. The van der Waals surface area contributed by atoms with E-state index in [4.69, 9.17) is 9.73 Å². The number of aromatic amines is 1. The second kappa shape index (κ2) is 10.5. The standard InChI is InChI=1S/C34H29N3O2/c1-23(38)37-22-25(20-32(37)28-16-8-11-19-33(28)39-2)26-14-6-9-17-30(26)35-21-29-27-15-7-10-18-31(27)36-34(29)24-12-4-3-5-13-24/h3-19,21-22,32,36H,20H2,1-2H3. The van der Waals surface area contributed by atoms with Crippen LogP contribution in [0.5, 0.6) is 5.75 Å². The summed E-state index contributed by atoms with van der Waals surface area (Å²) in [5.74, 6) is 0.774. The molecule has 1 amide bonds. The molecular weight excluding hydrogens is 482 g/mol. The molecule has 1 unspecified atom stereocenters. The van der Waals surface area contributed by atoms with Gasteiger partial charge < -0.3 is 14.6 Å². The number of para-hydroxylation sites is 3. The fraction of sp³-hybridized carbons (Fsp3) is 0.118. The van der Waals surface area contributed by atoms with Crippen LogP contribution in [0.3, 0.4) is 0 Å². The van der Waals surface area contributed by atoms with Crippen molar-refractivity contribution >= 4 is 34.3 Å². The number of nitrogens with zero attached hydrogens (tertiary/aromatic N) is 2. The van der Waals surface area contributed by atoms with E-state index >= 15 is 0 Å². The van der Waals surface area contributed by atoms with Crippen LogP contribution in [0.1, 0.15) is 36.1 Å². The Labute approximate surface area is 228 Å². The Morgan fingerprint density at radius 1 is 0.923 bits per heavy atom. The van der Waals surface area contributed by atoms with E-state index in [1.807, 2.05) is 85.2 Å². The number of methoxy groups -OCH3 is 1. The van der Waals surface area contributed by atoms with Crippen LogP contribution in [0.2, 0.25) is 0 Å². The molecule has 0 radical (unpaired) electrons. The van der Waals surface area contributed by atoms with E-state index in [-0.39, 0.29) is 11.9 Å². The normalized spacial score (nSPS) is 15.2. The second-order valence-electron chi connectivity index (χ2n) is 9.64. The number of amides is 1. The summed E-state index contributed by atoms with van der Waals surface area (Å²) in [6, 6.07) is 34.5. The molecule has 6 rings (SSSR count). The summed E-state index contributed by atoms with van der Waals surface area (Å²) in [4.78, 5) is 23.1. The number of hydrogen-bond acceptors (Lipinski definition) is 3. The van der Waals surface area contributed by atoms with E-state index in [0.717, 1.165) is 55.9 Å². The number of aliphatic imine (C=N–C) groups is 1. The number of nitrogens with one attached hydrogen (secondary N) is 1. The van der Waals surface area contributed by atoms with Gasteiger partial charge in [-0.1, -0.05) is 84.9 Å². The van der Waals surface area contributed by atoms with Gasteiger partial charge in [0.2, 0.25) is 5.91 Å². The van der Waals surface area contributed by atoms with Crippen molar-refractivity contribution in [3.63, 3.8) is 0 Å². The average molecular weight is 512 g/mol. The van der Waals surface area contributed by atoms with Crippen LogP contribution in [0.4, 0.5) is 5.69 Å². The van der Waals surface area contributed by atoms with Crippen molar-refractivity contribution in [2.75, 3.05) is 7.11 Å². The van der Waals surface area contributed by atoms with Gasteiger partial charge in [-0.25, -0.2) is 0 Å². The number of ether oxygens (including phenoxy) is 1. The predicted molar refractivity (Wildman–Crippen MR) is 158 cm³/mol. The maximum Gasteiger partial charge on any atom is 0.223 e. The van der Waals surface area contributed by atoms with E-state index in [9.17, 15) is 4.79 Å². The van der Waals surface area contributed by atoms with E-state index in [1.165, 1.54) is 0 Å². The molecule has 5 nitrogen and oxygen atoms in total. The highest BCUT2D eigenvalue weighted by atomic mass is 16.5. The molecule has 0 aliphatic carbocycles. The number of benzene rings is 4. The van der Waals surface area contributed by atoms with Crippen molar-refractivity contribution in [3.8, 4) is 17.0 Å². The summed E-state index contributed by atoms with van der Waals surface area (Å²) in [5.41, 5.74) is 8.20. The third kappa shape index (κ3) is 4.64. The fourth-order valence-electron chi connectivity index (χ4n) is 5.43. The average Bonchev–Trinajstić information content (AvgIpc) is 3.59. The highest BCUT2D eigenvalue weighted by molar-refractivity contribution is 6.06. The molecule has 5 heteroatoms. The van der Waals surface area contributed by atoms with Crippen molar-refractivity contribution < 1.29 is 9.53 Å². The Bertz CT molecular complexity index is 1720. The van der Waals surface area contributed by atoms with Crippen molar-refractivity contribution in [2.45, 2.75) is 19.4 Å². The minimum Gasteiger partial charge on any atom is -0.496 e. The van der Waals surface area contributed by atoms with Gasteiger partial charge in [-0.05, 0) is 35.8 Å². The summed E-state index contributed by atoms with van der Waals surface area (Å²) in [5, 5.41) is 1.12. The lowest BCUT2D eigenvalue weighted by Crippen LogP contribution is -2.24. The van der Waals surface area contributed by atoms with Crippen molar-refractivity contribution in [2.24, 2.45) is 4.99 Å². The van der Waals surface area contributed by atoms with Gasteiger partial charge in [0.15, 0.2) is 0 Å². The third-order valence-corrected chi connectivity index (χ3v) is 7.30. The first-order chi connectivity index (χ1) is 19.1. The lowest BCUT2D eigenvalue weighted by atomic mass is 9.96. The van der Waals surface area contributed by atoms with Gasteiger partial charge >= 0.3 is 0 Å². The summed E-state index contributed by atoms with van der Waals surface area (Å²) in [6.45, 7) is 1.61. The predicted octanol–water partition coefficient (Wildman–Crippen LogP) is 7.93. The zero-order valence-electron chi connectivity index (χ0n) is 22.0. The first-order valence-electron chi connectivity index (χ1n) is 13.1. The number of aromatic nitrogens is 1. The molecule has 5 aromatic rings. The second-order valence-corrected chi connectivity index (χ2v) is 9.64. The van der Waals surface area contributed by atoms with Crippen molar-refractivity contribution in [1.82, 2.24) is 9.88 Å². The number of fused-ring (bicyclic) bond motifs is 1. The van der Waals surface area contributed by atoms with Crippen molar-refractivity contribution in [3.05, 3.63) is 126 Å². The maximum atomic E-state index is 12.7. The minimum absolute atomic E-state index is 0.00631.